The van der Waals surface area contributed by atoms with Crippen molar-refractivity contribution in [2.45, 2.75) is 36.2 Å². The lowest BCUT2D eigenvalue weighted by Gasteiger charge is -2.30. The number of fused-ring (bicyclic) bond motifs is 2. The van der Waals surface area contributed by atoms with E-state index in [1.165, 1.54) is 19.2 Å². The van der Waals surface area contributed by atoms with E-state index in [0.717, 1.165) is 40.1 Å². The van der Waals surface area contributed by atoms with Crippen LogP contribution in [0.3, 0.4) is 0 Å². The highest BCUT2D eigenvalue weighted by atomic mass is 32.2. The van der Waals surface area contributed by atoms with Gasteiger partial charge in [0.1, 0.15) is 5.25 Å². The topological polar surface area (TPSA) is 88.7 Å². The normalized spacial score (nSPS) is 21.0. The van der Waals surface area contributed by atoms with Crippen LogP contribution in [0.4, 0.5) is 18.9 Å². The highest BCUT2D eigenvalue weighted by molar-refractivity contribution is 8.00. The second kappa shape index (κ2) is 9.81. The molecule has 0 bridgehead atoms. The lowest BCUT2D eigenvalue weighted by Crippen LogP contribution is -2.32. The molecule has 2 aliphatic heterocycles. The minimum Gasteiger partial charge on any atom is -0.493 e. The first-order valence-electron chi connectivity index (χ1n) is 11.7. The number of nitrogens with zero attached hydrogens (tertiary/aromatic N) is 1. The smallest absolute Gasteiger partial charge is 0.416 e. The van der Waals surface area contributed by atoms with Crippen molar-refractivity contribution >= 4 is 40.6 Å². The molecule has 3 heterocycles. The summed E-state index contributed by atoms with van der Waals surface area (Å²) in [5.41, 5.74) is -0.479. The SMILES string of the molecule is COc1cc([C@@H]2c3sc(=O)[nH]c3S[C@H]3C(=O)N(c4cccc(C(F)(F)F)c4)C(=O)[C@@H]23)ccc1OCC(C)C. The number of aromatic amines is 1. The van der Waals surface area contributed by atoms with Crippen molar-refractivity contribution in [3.63, 3.8) is 0 Å². The van der Waals surface area contributed by atoms with Crippen LogP contribution >= 0.6 is 23.1 Å². The number of halogens is 3. The maximum absolute atomic E-state index is 13.8. The first-order chi connectivity index (χ1) is 18.0. The molecule has 7 nitrogen and oxygen atoms in total. The van der Waals surface area contributed by atoms with E-state index in [-0.39, 0.29) is 16.5 Å². The number of methoxy groups -OCH3 is 1. The Hall–Kier alpha value is -3.25. The zero-order valence-corrected chi connectivity index (χ0v) is 22.1. The number of ether oxygens (including phenoxy) is 2. The third kappa shape index (κ3) is 4.60. The molecule has 2 amide bonds. The molecule has 1 saturated heterocycles. The predicted molar refractivity (Wildman–Crippen MR) is 137 cm³/mol. The molecule has 1 fully saturated rings. The lowest BCUT2D eigenvalue weighted by molar-refractivity contribution is -0.137. The van der Waals surface area contributed by atoms with Crippen LogP contribution in [-0.4, -0.2) is 35.8 Å². The summed E-state index contributed by atoms with van der Waals surface area (Å²) in [7, 11) is 1.49. The van der Waals surface area contributed by atoms with Gasteiger partial charge in [0.25, 0.3) is 0 Å². The zero-order chi connectivity index (χ0) is 27.4. The molecule has 38 heavy (non-hydrogen) atoms. The summed E-state index contributed by atoms with van der Waals surface area (Å²) in [6.07, 6.45) is -4.63. The molecule has 3 atom stereocenters. The van der Waals surface area contributed by atoms with Gasteiger partial charge in [-0.25, -0.2) is 4.90 Å². The van der Waals surface area contributed by atoms with Crippen LogP contribution in [0.25, 0.3) is 0 Å². The number of thiazole rings is 1. The minimum absolute atomic E-state index is 0.143. The monoisotopic (exact) mass is 564 g/mol. The fraction of sp³-hybridized carbons (Fsp3) is 0.346. The summed E-state index contributed by atoms with van der Waals surface area (Å²) < 4.78 is 51.5. The standard InChI is InChI=1S/C26H23F3N2O5S2/c1-12(2)11-36-16-8-7-13(9-17(16)35-3)18-19-21(37-22-20(18)38-25(34)30-22)24(33)31(23(19)32)15-6-4-5-14(10-15)26(27,28)29/h4-10,12,18-19,21H,11H2,1-3H3,(H,30,34)/t18-,19-,21+/m0/s1. The molecule has 0 aliphatic carbocycles. The Bertz CT molecular complexity index is 1470. The molecule has 0 radical (unpaired) electrons. The molecule has 0 saturated carbocycles. The second-order valence-electron chi connectivity index (χ2n) is 9.42. The molecule has 12 heteroatoms. The van der Waals surface area contributed by atoms with Gasteiger partial charge in [0.15, 0.2) is 11.5 Å². The molecule has 200 valence electrons. The van der Waals surface area contributed by atoms with Crippen LogP contribution < -0.4 is 19.2 Å². The van der Waals surface area contributed by atoms with Crippen LogP contribution in [0.2, 0.25) is 0 Å². The number of amides is 2. The summed E-state index contributed by atoms with van der Waals surface area (Å²) in [6, 6.07) is 9.35. The fourth-order valence-electron chi connectivity index (χ4n) is 4.71. The maximum Gasteiger partial charge on any atom is 0.416 e. The number of nitrogens with one attached hydrogen (secondary N) is 1. The summed E-state index contributed by atoms with van der Waals surface area (Å²) in [5.74, 6) is -1.67. The van der Waals surface area contributed by atoms with Crippen molar-refractivity contribution in [2.24, 2.45) is 11.8 Å². The number of anilines is 1. The van der Waals surface area contributed by atoms with Gasteiger partial charge >= 0.3 is 11.0 Å². The summed E-state index contributed by atoms with van der Waals surface area (Å²) in [4.78, 5) is 43.4. The van der Waals surface area contributed by atoms with Gasteiger partial charge in [-0.3, -0.25) is 14.4 Å². The van der Waals surface area contributed by atoms with Crippen LogP contribution in [0, 0.1) is 11.8 Å². The molecule has 2 aliphatic rings. The number of hydrogen-bond acceptors (Lipinski definition) is 7. The van der Waals surface area contributed by atoms with Gasteiger partial charge in [-0.05, 0) is 41.8 Å². The number of carbonyl (C=O) groups is 2. The quantitative estimate of drug-likeness (QED) is 0.409. The molecular formula is C26H23F3N2O5S2. The number of alkyl halides is 3. The van der Waals surface area contributed by atoms with Crippen molar-refractivity contribution < 1.29 is 32.2 Å². The van der Waals surface area contributed by atoms with Crippen LogP contribution in [-0.2, 0) is 15.8 Å². The highest BCUT2D eigenvalue weighted by Crippen LogP contribution is 2.54. The average Bonchev–Trinajstić information content (AvgIpc) is 3.36. The Balaban J connectivity index is 1.59. The third-order valence-corrected chi connectivity index (χ3v) is 8.78. The largest absolute Gasteiger partial charge is 0.493 e. The van der Waals surface area contributed by atoms with E-state index < -0.39 is 40.6 Å². The first-order valence-corrected chi connectivity index (χ1v) is 13.4. The number of carbonyl (C=O) groups excluding carboxylic acids is 2. The van der Waals surface area contributed by atoms with E-state index in [2.05, 4.69) is 4.98 Å². The Kier molecular flexibility index (Phi) is 6.80. The van der Waals surface area contributed by atoms with E-state index in [1.807, 2.05) is 13.8 Å². The van der Waals surface area contributed by atoms with Crippen molar-refractivity contribution in [3.05, 3.63) is 68.1 Å². The molecule has 2 aromatic carbocycles. The number of rotatable bonds is 6. The van der Waals surface area contributed by atoms with E-state index in [0.29, 0.717) is 33.6 Å². The Morgan fingerprint density at radius 2 is 1.82 bits per heavy atom. The van der Waals surface area contributed by atoms with Crippen molar-refractivity contribution in [2.75, 3.05) is 18.6 Å². The van der Waals surface area contributed by atoms with E-state index in [9.17, 15) is 27.6 Å². The van der Waals surface area contributed by atoms with Gasteiger partial charge in [0.05, 0.1) is 35.9 Å². The van der Waals surface area contributed by atoms with Crippen molar-refractivity contribution in [3.8, 4) is 11.5 Å². The molecular weight excluding hydrogens is 541 g/mol. The Morgan fingerprint density at radius 3 is 2.50 bits per heavy atom. The summed E-state index contributed by atoms with van der Waals surface area (Å²) in [5, 5.41) is -0.458. The maximum atomic E-state index is 13.8. The number of aromatic nitrogens is 1. The number of hydrogen-bond donors (Lipinski definition) is 1. The zero-order valence-electron chi connectivity index (χ0n) is 20.5. The Labute approximate surface area is 223 Å². The van der Waals surface area contributed by atoms with Gasteiger partial charge in [0, 0.05) is 10.8 Å². The molecule has 1 N–H and O–H groups in total. The fourth-order valence-corrected chi connectivity index (χ4v) is 7.22. The van der Waals surface area contributed by atoms with E-state index in [1.54, 1.807) is 18.2 Å². The van der Waals surface area contributed by atoms with E-state index >= 15 is 0 Å². The summed E-state index contributed by atoms with van der Waals surface area (Å²) >= 11 is 2.00. The molecule has 0 unspecified atom stereocenters. The van der Waals surface area contributed by atoms with Gasteiger partial charge in [-0.2, -0.15) is 13.2 Å². The lowest BCUT2D eigenvalue weighted by atomic mass is 9.83. The average molecular weight is 565 g/mol. The first kappa shape index (κ1) is 26.4. The molecule has 3 aromatic rings. The van der Waals surface area contributed by atoms with Crippen LogP contribution in [0.1, 0.15) is 35.8 Å². The van der Waals surface area contributed by atoms with Gasteiger partial charge < -0.3 is 14.5 Å². The van der Waals surface area contributed by atoms with Crippen LogP contribution in [0.5, 0.6) is 11.5 Å². The molecule has 1 aromatic heterocycles. The van der Waals surface area contributed by atoms with Gasteiger partial charge in [0.2, 0.25) is 11.8 Å². The Morgan fingerprint density at radius 1 is 1.05 bits per heavy atom. The highest BCUT2D eigenvalue weighted by Gasteiger charge is 2.56. The van der Waals surface area contributed by atoms with Crippen molar-refractivity contribution in [1.29, 1.82) is 0 Å². The van der Waals surface area contributed by atoms with Crippen molar-refractivity contribution in [1.82, 2.24) is 4.98 Å². The molecule has 0 spiro atoms. The third-order valence-electron chi connectivity index (χ3n) is 6.37. The summed E-state index contributed by atoms with van der Waals surface area (Å²) in [6.45, 7) is 4.48. The van der Waals surface area contributed by atoms with Crippen LogP contribution in [0.15, 0.2) is 52.3 Å². The molecule has 5 rings (SSSR count). The minimum atomic E-state index is -4.63. The predicted octanol–water partition coefficient (Wildman–Crippen LogP) is 5.29. The van der Waals surface area contributed by atoms with Gasteiger partial charge in [-0.1, -0.05) is 49.1 Å². The van der Waals surface area contributed by atoms with Gasteiger partial charge in [-0.15, -0.1) is 0 Å². The number of imide groups is 1. The number of benzene rings is 2. The number of thioether (sulfide) groups is 1. The second-order valence-corrected chi connectivity index (χ2v) is 11.6. The van der Waals surface area contributed by atoms with E-state index in [4.69, 9.17) is 9.47 Å². The number of H-pyrrole nitrogens is 1.